The number of aliphatic hydroxyl groups excluding tert-OH is 1. The Morgan fingerprint density at radius 2 is 1.60 bits per heavy atom. The summed E-state index contributed by atoms with van der Waals surface area (Å²) in [4.78, 5) is 14.9. The fourth-order valence-electron chi connectivity index (χ4n) is 6.03. The number of rotatable bonds is 8. The van der Waals surface area contributed by atoms with E-state index in [-0.39, 0.29) is 0 Å². The van der Waals surface area contributed by atoms with E-state index in [9.17, 15) is 18.3 Å². The Kier molecular flexibility index (Phi) is 9.54. The van der Waals surface area contributed by atoms with E-state index in [4.69, 9.17) is 9.47 Å². The molecule has 204 valence electrons. The normalized spacial score (nSPS) is 27.7. The standard InChI is InChI=1S/C26H48N2O6S/c1-25(2,3)34-24(30)28-21(16-19-12-8-6-9-13-19)23(33-26(28,4)5)22(29)18-35(31,32)27-17-20-14-10-7-11-15-20/h19-23,27,29H,6-18H2,1-5H3/t21-,22+,23+/m0/s1. The molecular weight excluding hydrogens is 468 g/mol. The molecule has 8 nitrogen and oxygen atoms in total. The molecule has 2 saturated carbocycles. The Morgan fingerprint density at radius 3 is 2.14 bits per heavy atom. The van der Waals surface area contributed by atoms with Crippen molar-refractivity contribution in [2.45, 2.75) is 135 Å². The van der Waals surface area contributed by atoms with Crippen LogP contribution in [0.4, 0.5) is 4.79 Å². The van der Waals surface area contributed by atoms with Gasteiger partial charge in [-0.15, -0.1) is 0 Å². The molecule has 0 spiro atoms. The number of ether oxygens (including phenoxy) is 2. The lowest BCUT2D eigenvalue weighted by Crippen LogP contribution is -2.52. The van der Waals surface area contributed by atoms with Crippen LogP contribution < -0.4 is 4.72 Å². The minimum Gasteiger partial charge on any atom is -0.444 e. The van der Waals surface area contributed by atoms with Crippen molar-refractivity contribution in [3.8, 4) is 0 Å². The van der Waals surface area contributed by atoms with E-state index in [1.54, 1.807) is 18.7 Å². The Bertz CT molecular complexity index is 797. The molecular formula is C26H48N2O6S. The topological polar surface area (TPSA) is 105 Å². The molecule has 3 fully saturated rings. The molecule has 2 aliphatic carbocycles. The van der Waals surface area contributed by atoms with E-state index in [2.05, 4.69) is 4.72 Å². The van der Waals surface area contributed by atoms with Crippen molar-refractivity contribution in [2.24, 2.45) is 11.8 Å². The van der Waals surface area contributed by atoms with E-state index in [0.717, 1.165) is 51.4 Å². The van der Waals surface area contributed by atoms with Gasteiger partial charge in [0.25, 0.3) is 0 Å². The van der Waals surface area contributed by atoms with E-state index in [1.165, 1.54) is 12.8 Å². The Balaban J connectivity index is 1.74. The van der Waals surface area contributed by atoms with E-state index in [1.807, 2.05) is 20.8 Å². The summed E-state index contributed by atoms with van der Waals surface area (Å²) in [5.41, 5.74) is -1.70. The highest BCUT2D eigenvalue weighted by Crippen LogP contribution is 2.40. The van der Waals surface area contributed by atoms with Crippen LogP contribution in [-0.4, -0.2) is 66.4 Å². The Labute approximate surface area is 212 Å². The quantitative estimate of drug-likeness (QED) is 0.490. The molecule has 3 aliphatic rings. The van der Waals surface area contributed by atoms with Gasteiger partial charge in [0.15, 0.2) is 0 Å². The smallest absolute Gasteiger partial charge is 0.412 e. The van der Waals surface area contributed by atoms with Crippen molar-refractivity contribution in [1.82, 2.24) is 9.62 Å². The van der Waals surface area contributed by atoms with Crippen LogP contribution in [-0.2, 0) is 19.5 Å². The van der Waals surface area contributed by atoms with Crippen LogP contribution in [0.25, 0.3) is 0 Å². The van der Waals surface area contributed by atoms with Gasteiger partial charge in [0.05, 0.1) is 17.9 Å². The summed E-state index contributed by atoms with van der Waals surface area (Å²) in [7, 11) is -3.69. The Hall–Kier alpha value is -0.900. The molecule has 1 saturated heterocycles. The first kappa shape index (κ1) is 28.7. The van der Waals surface area contributed by atoms with Crippen LogP contribution in [0, 0.1) is 11.8 Å². The first-order valence-electron chi connectivity index (χ1n) is 13.6. The number of carbonyl (C=O) groups is 1. The zero-order valence-corrected chi connectivity index (χ0v) is 23.2. The van der Waals surface area contributed by atoms with Crippen LogP contribution in [0.15, 0.2) is 0 Å². The summed E-state index contributed by atoms with van der Waals surface area (Å²) in [6.07, 6.45) is 9.38. The predicted molar refractivity (Wildman–Crippen MR) is 136 cm³/mol. The molecule has 0 aromatic rings. The van der Waals surface area contributed by atoms with Gasteiger partial charge in [-0.25, -0.2) is 17.9 Å². The third kappa shape index (κ3) is 8.30. The van der Waals surface area contributed by atoms with Crippen molar-refractivity contribution in [3.05, 3.63) is 0 Å². The van der Waals surface area contributed by atoms with Gasteiger partial charge >= 0.3 is 6.09 Å². The minimum atomic E-state index is -3.69. The number of hydrogen-bond donors (Lipinski definition) is 2. The summed E-state index contributed by atoms with van der Waals surface area (Å²) in [5.74, 6) is 0.329. The lowest BCUT2D eigenvalue weighted by molar-refractivity contribution is -0.0995. The Morgan fingerprint density at radius 1 is 1.06 bits per heavy atom. The molecule has 3 rings (SSSR count). The van der Waals surface area contributed by atoms with Crippen molar-refractivity contribution in [2.75, 3.05) is 12.3 Å². The average molecular weight is 517 g/mol. The summed E-state index contributed by atoms with van der Waals surface area (Å²) < 4.78 is 40.4. The highest BCUT2D eigenvalue weighted by molar-refractivity contribution is 7.89. The third-order valence-corrected chi connectivity index (χ3v) is 9.08. The van der Waals surface area contributed by atoms with Crippen molar-refractivity contribution < 1.29 is 27.8 Å². The van der Waals surface area contributed by atoms with E-state index in [0.29, 0.717) is 24.8 Å². The fourth-order valence-corrected chi connectivity index (χ4v) is 7.28. The van der Waals surface area contributed by atoms with Gasteiger partial charge in [-0.3, -0.25) is 4.90 Å². The van der Waals surface area contributed by atoms with Crippen LogP contribution in [0.3, 0.4) is 0 Å². The highest BCUT2D eigenvalue weighted by Gasteiger charge is 2.54. The van der Waals surface area contributed by atoms with Crippen LogP contribution >= 0.6 is 0 Å². The molecule has 0 radical (unpaired) electrons. The van der Waals surface area contributed by atoms with Crippen molar-refractivity contribution >= 4 is 16.1 Å². The molecule has 3 atom stereocenters. The summed E-state index contributed by atoms with van der Waals surface area (Å²) in [6, 6.07) is -0.452. The molecule has 1 aliphatic heterocycles. The van der Waals surface area contributed by atoms with Gasteiger partial charge in [-0.1, -0.05) is 51.4 Å². The zero-order valence-electron chi connectivity index (χ0n) is 22.4. The van der Waals surface area contributed by atoms with Gasteiger partial charge in [0.1, 0.15) is 17.4 Å². The molecule has 0 aromatic carbocycles. The number of hydrogen-bond acceptors (Lipinski definition) is 6. The molecule has 1 amide bonds. The van der Waals surface area contributed by atoms with Crippen LogP contribution in [0.5, 0.6) is 0 Å². The molecule has 9 heteroatoms. The third-order valence-electron chi connectivity index (χ3n) is 7.69. The molecule has 35 heavy (non-hydrogen) atoms. The second-order valence-corrected chi connectivity index (χ2v) is 14.2. The molecule has 0 unspecified atom stereocenters. The lowest BCUT2D eigenvalue weighted by atomic mass is 9.83. The maximum Gasteiger partial charge on any atom is 0.412 e. The van der Waals surface area contributed by atoms with Gasteiger partial charge in [0, 0.05) is 6.54 Å². The van der Waals surface area contributed by atoms with E-state index < -0.39 is 51.4 Å². The van der Waals surface area contributed by atoms with Crippen LogP contribution in [0.2, 0.25) is 0 Å². The predicted octanol–water partition coefficient (Wildman–Crippen LogP) is 4.56. The molecule has 0 bridgehead atoms. The second-order valence-electron chi connectivity index (χ2n) is 12.4. The monoisotopic (exact) mass is 516 g/mol. The van der Waals surface area contributed by atoms with Crippen LogP contribution in [0.1, 0.15) is 105 Å². The van der Waals surface area contributed by atoms with Gasteiger partial charge < -0.3 is 14.6 Å². The number of nitrogens with one attached hydrogen (secondary N) is 1. The minimum absolute atomic E-state index is 0.360. The second kappa shape index (κ2) is 11.7. The van der Waals surface area contributed by atoms with E-state index >= 15 is 0 Å². The summed E-state index contributed by atoms with van der Waals surface area (Å²) in [5, 5.41) is 11.2. The number of amides is 1. The largest absolute Gasteiger partial charge is 0.444 e. The number of aliphatic hydroxyl groups is 1. The first-order chi connectivity index (χ1) is 16.3. The lowest BCUT2D eigenvalue weighted by Gasteiger charge is -2.37. The van der Waals surface area contributed by atoms with Gasteiger partial charge in [-0.2, -0.15) is 0 Å². The summed E-state index contributed by atoms with van der Waals surface area (Å²) >= 11 is 0. The number of nitrogens with zero attached hydrogens (tertiary/aromatic N) is 1. The molecule has 1 heterocycles. The maximum atomic E-state index is 13.3. The number of carbonyl (C=O) groups excluding carboxylic acids is 1. The number of sulfonamides is 1. The summed E-state index contributed by atoms with van der Waals surface area (Å²) in [6.45, 7) is 9.45. The fraction of sp³-hybridized carbons (Fsp3) is 0.962. The SMILES string of the molecule is CC(C)(C)OC(=O)N1[C@@H](CC2CCCCC2)[C@H]([C@H](O)CS(=O)(=O)NCC2CCCCC2)OC1(C)C. The molecule has 0 aromatic heterocycles. The molecule has 2 N–H and O–H groups in total. The van der Waals surface area contributed by atoms with Crippen molar-refractivity contribution in [3.63, 3.8) is 0 Å². The van der Waals surface area contributed by atoms with Gasteiger partial charge in [-0.05, 0) is 65.7 Å². The maximum absolute atomic E-state index is 13.3. The van der Waals surface area contributed by atoms with Crippen molar-refractivity contribution in [1.29, 1.82) is 0 Å². The zero-order chi connectivity index (χ0) is 25.9. The first-order valence-corrected chi connectivity index (χ1v) is 15.3. The van der Waals surface area contributed by atoms with Gasteiger partial charge in [0.2, 0.25) is 10.0 Å². The average Bonchev–Trinajstić information content (AvgIpc) is 3.02. The highest BCUT2D eigenvalue weighted by atomic mass is 32.2.